The number of nitrogens with zero attached hydrogens (tertiary/aromatic N) is 3. The van der Waals surface area contributed by atoms with Crippen LogP contribution in [0.2, 0.25) is 0 Å². The number of rotatable bonds is 3. The van der Waals surface area contributed by atoms with Crippen molar-refractivity contribution >= 4 is 17.5 Å². The Bertz CT molecular complexity index is 484. The maximum absolute atomic E-state index is 11.0. The fourth-order valence-electron chi connectivity index (χ4n) is 1.09. The maximum atomic E-state index is 11.0. The van der Waals surface area contributed by atoms with Crippen LogP contribution in [-0.4, -0.2) is 20.7 Å². The molecule has 5 heteroatoms. The average Bonchev–Trinajstić information content (AvgIpc) is 2.31. The van der Waals surface area contributed by atoms with E-state index in [1.807, 2.05) is 12.1 Å². The van der Waals surface area contributed by atoms with Crippen molar-refractivity contribution in [3.63, 3.8) is 0 Å². The van der Waals surface area contributed by atoms with Gasteiger partial charge in [-0.1, -0.05) is 0 Å². The van der Waals surface area contributed by atoms with Crippen LogP contribution in [0.1, 0.15) is 17.3 Å². The van der Waals surface area contributed by atoms with Crippen LogP contribution in [0.25, 0.3) is 0 Å². The van der Waals surface area contributed by atoms with E-state index in [1.165, 1.54) is 25.0 Å². The van der Waals surface area contributed by atoms with Crippen molar-refractivity contribution in [2.45, 2.75) is 17.0 Å². The van der Waals surface area contributed by atoms with Crippen molar-refractivity contribution < 1.29 is 4.79 Å². The largest absolute Gasteiger partial charge is 0.294 e. The Labute approximate surface area is 97.2 Å². The van der Waals surface area contributed by atoms with E-state index in [-0.39, 0.29) is 5.78 Å². The Balaban J connectivity index is 2.14. The Morgan fingerprint density at radius 1 is 1.19 bits per heavy atom. The molecular weight excluding hydrogens is 222 g/mol. The zero-order chi connectivity index (χ0) is 11.4. The number of hydrogen-bond acceptors (Lipinski definition) is 5. The first kappa shape index (κ1) is 10.8. The minimum atomic E-state index is 0.0195. The monoisotopic (exact) mass is 231 g/mol. The third kappa shape index (κ3) is 2.64. The van der Waals surface area contributed by atoms with Gasteiger partial charge in [-0.2, -0.15) is 0 Å². The summed E-state index contributed by atoms with van der Waals surface area (Å²) in [5, 5.41) is 1.64. The summed E-state index contributed by atoms with van der Waals surface area (Å²) in [6, 6.07) is 5.38. The molecule has 0 N–H and O–H groups in total. The van der Waals surface area contributed by atoms with Crippen LogP contribution in [0.4, 0.5) is 0 Å². The molecule has 2 aromatic rings. The predicted octanol–water partition coefficient (Wildman–Crippen LogP) is 2.23. The molecule has 16 heavy (non-hydrogen) atoms. The molecule has 0 radical (unpaired) electrons. The number of ketones is 1. The SMILES string of the molecule is CC(=O)c1ccc(Sc2ccncn2)nc1. The molecule has 0 spiro atoms. The Morgan fingerprint density at radius 3 is 2.56 bits per heavy atom. The second-order valence-corrected chi connectivity index (χ2v) is 4.13. The van der Waals surface area contributed by atoms with Gasteiger partial charge in [0.1, 0.15) is 16.4 Å². The third-order valence-corrected chi connectivity index (χ3v) is 2.81. The standard InChI is InChI=1S/C11H9N3OS/c1-8(15)9-2-3-10(13-6-9)16-11-4-5-12-7-14-11/h2-7H,1H3. The van der Waals surface area contributed by atoms with Crippen LogP contribution in [0.5, 0.6) is 0 Å². The minimum Gasteiger partial charge on any atom is -0.294 e. The summed E-state index contributed by atoms with van der Waals surface area (Å²) in [5.74, 6) is 0.0195. The topological polar surface area (TPSA) is 55.7 Å². The molecule has 0 saturated heterocycles. The fourth-order valence-corrected chi connectivity index (χ4v) is 1.78. The van der Waals surface area contributed by atoms with E-state index in [1.54, 1.807) is 18.5 Å². The first-order valence-electron chi connectivity index (χ1n) is 4.66. The smallest absolute Gasteiger partial charge is 0.161 e. The number of carbonyl (C=O) groups is 1. The summed E-state index contributed by atoms with van der Waals surface area (Å²) < 4.78 is 0. The number of carbonyl (C=O) groups excluding carboxylic acids is 1. The van der Waals surface area contributed by atoms with E-state index < -0.39 is 0 Å². The molecule has 80 valence electrons. The minimum absolute atomic E-state index is 0.0195. The summed E-state index contributed by atoms with van der Waals surface area (Å²) in [7, 11) is 0. The second kappa shape index (κ2) is 4.85. The van der Waals surface area contributed by atoms with E-state index in [0.29, 0.717) is 5.56 Å². The lowest BCUT2D eigenvalue weighted by molar-refractivity contribution is 0.101. The molecule has 0 saturated carbocycles. The first-order chi connectivity index (χ1) is 7.75. The number of hydrogen-bond donors (Lipinski definition) is 0. The van der Waals surface area contributed by atoms with Gasteiger partial charge in [-0.25, -0.2) is 15.0 Å². The highest BCUT2D eigenvalue weighted by atomic mass is 32.2. The maximum Gasteiger partial charge on any atom is 0.161 e. The lowest BCUT2D eigenvalue weighted by Gasteiger charge is -1.99. The summed E-state index contributed by atoms with van der Waals surface area (Å²) in [6.07, 6.45) is 4.75. The van der Waals surface area contributed by atoms with Gasteiger partial charge in [0.2, 0.25) is 0 Å². The molecule has 2 rings (SSSR count). The molecule has 2 aromatic heterocycles. The Kier molecular flexibility index (Phi) is 3.26. The van der Waals surface area contributed by atoms with Crippen molar-refractivity contribution in [2.75, 3.05) is 0 Å². The molecule has 0 aliphatic heterocycles. The number of pyridine rings is 1. The Hall–Kier alpha value is -1.75. The normalized spacial score (nSPS) is 10.1. The van der Waals surface area contributed by atoms with E-state index in [0.717, 1.165) is 10.1 Å². The quantitative estimate of drug-likeness (QED) is 0.599. The molecule has 0 bridgehead atoms. The van der Waals surface area contributed by atoms with Gasteiger partial charge >= 0.3 is 0 Å². The van der Waals surface area contributed by atoms with Gasteiger partial charge in [-0.15, -0.1) is 0 Å². The molecular formula is C11H9N3OS. The van der Waals surface area contributed by atoms with Crippen molar-refractivity contribution in [2.24, 2.45) is 0 Å². The second-order valence-electron chi connectivity index (χ2n) is 3.09. The highest BCUT2D eigenvalue weighted by Crippen LogP contribution is 2.22. The van der Waals surface area contributed by atoms with Crippen LogP contribution in [0, 0.1) is 0 Å². The number of aromatic nitrogens is 3. The van der Waals surface area contributed by atoms with Crippen molar-refractivity contribution in [1.82, 2.24) is 15.0 Å². The van der Waals surface area contributed by atoms with Crippen LogP contribution in [0.15, 0.2) is 47.0 Å². The summed E-state index contributed by atoms with van der Waals surface area (Å²) in [6.45, 7) is 1.52. The van der Waals surface area contributed by atoms with E-state index in [4.69, 9.17) is 0 Å². The average molecular weight is 231 g/mol. The van der Waals surface area contributed by atoms with Gasteiger partial charge in [-0.05, 0) is 36.9 Å². The lowest BCUT2D eigenvalue weighted by atomic mass is 10.2. The molecule has 0 atom stereocenters. The fraction of sp³-hybridized carbons (Fsp3) is 0.0909. The highest BCUT2D eigenvalue weighted by molar-refractivity contribution is 7.99. The molecule has 4 nitrogen and oxygen atoms in total. The van der Waals surface area contributed by atoms with Crippen LogP contribution in [0.3, 0.4) is 0 Å². The molecule has 0 aliphatic carbocycles. The molecule has 2 heterocycles. The lowest BCUT2D eigenvalue weighted by Crippen LogP contribution is -1.93. The Morgan fingerprint density at radius 2 is 2.00 bits per heavy atom. The summed E-state index contributed by atoms with van der Waals surface area (Å²) in [5.41, 5.74) is 0.618. The van der Waals surface area contributed by atoms with Gasteiger partial charge < -0.3 is 0 Å². The highest BCUT2D eigenvalue weighted by Gasteiger charge is 2.02. The van der Waals surface area contributed by atoms with Gasteiger partial charge in [0, 0.05) is 18.0 Å². The van der Waals surface area contributed by atoms with Gasteiger partial charge in [0.25, 0.3) is 0 Å². The van der Waals surface area contributed by atoms with E-state index >= 15 is 0 Å². The van der Waals surface area contributed by atoms with Crippen molar-refractivity contribution in [3.05, 3.63) is 42.5 Å². The first-order valence-corrected chi connectivity index (χ1v) is 5.48. The summed E-state index contributed by atoms with van der Waals surface area (Å²) >= 11 is 1.43. The van der Waals surface area contributed by atoms with Crippen molar-refractivity contribution in [3.8, 4) is 0 Å². The van der Waals surface area contributed by atoms with Gasteiger partial charge in [0.15, 0.2) is 5.78 Å². The molecule has 0 unspecified atom stereocenters. The van der Waals surface area contributed by atoms with Crippen LogP contribution in [-0.2, 0) is 0 Å². The predicted molar refractivity (Wildman–Crippen MR) is 60.4 cm³/mol. The molecule has 0 fully saturated rings. The molecule has 0 amide bonds. The van der Waals surface area contributed by atoms with Gasteiger partial charge in [0.05, 0.1) is 0 Å². The zero-order valence-corrected chi connectivity index (χ0v) is 9.44. The third-order valence-electron chi connectivity index (χ3n) is 1.91. The van der Waals surface area contributed by atoms with Gasteiger partial charge in [-0.3, -0.25) is 4.79 Å². The van der Waals surface area contributed by atoms with E-state index in [9.17, 15) is 4.79 Å². The van der Waals surface area contributed by atoms with Crippen LogP contribution < -0.4 is 0 Å². The molecule has 0 aliphatic rings. The molecule has 0 aromatic carbocycles. The van der Waals surface area contributed by atoms with Crippen molar-refractivity contribution in [1.29, 1.82) is 0 Å². The van der Waals surface area contributed by atoms with Crippen LogP contribution >= 0.6 is 11.8 Å². The zero-order valence-electron chi connectivity index (χ0n) is 8.62. The summed E-state index contributed by atoms with van der Waals surface area (Å²) in [4.78, 5) is 23.1. The van der Waals surface area contributed by atoms with E-state index in [2.05, 4.69) is 15.0 Å². The number of Topliss-reactive ketones (excluding diaryl/α,β-unsaturated/α-hetero) is 1.